The van der Waals surface area contributed by atoms with Crippen LogP contribution in [0.1, 0.15) is 0 Å². The first-order chi connectivity index (χ1) is 10.1. The van der Waals surface area contributed by atoms with Gasteiger partial charge in [-0.15, -0.1) is 0 Å². The van der Waals surface area contributed by atoms with Gasteiger partial charge in [0.2, 0.25) is 0 Å². The Labute approximate surface area is 120 Å². The summed E-state index contributed by atoms with van der Waals surface area (Å²) in [5, 5.41) is 0.583. The molecule has 3 aromatic rings. The maximum Gasteiger partial charge on any atom is 0.265 e. The molecule has 0 aliphatic carbocycles. The average molecular weight is 301 g/mol. The van der Waals surface area contributed by atoms with E-state index < -0.39 is 10.0 Å². The molecule has 2 aromatic heterocycles. The van der Waals surface area contributed by atoms with E-state index in [4.69, 9.17) is 5.73 Å². The van der Waals surface area contributed by atoms with Crippen molar-refractivity contribution in [3.63, 3.8) is 0 Å². The smallest absolute Gasteiger partial charge is 0.265 e. The minimum atomic E-state index is -3.83. The topological polar surface area (TPSA) is 111 Å². The quantitative estimate of drug-likeness (QED) is 0.707. The second kappa shape index (κ2) is 4.98. The normalized spacial score (nSPS) is 11.4. The Morgan fingerprint density at radius 3 is 2.67 bits per heavy atom. The summed E-state index contributed by atoms with van der Waals surface area (Å²) >= 11 is 0. The highest BCUT2D eigenvalue weighted by atomic mass is 32.2. The summed E-state index contributed by atoms with van der Waals surface area (Å²) in [4.78, 5) is 11.9. The van der Waals surface area contributed by atoms with Crippen LogP contribution in [-0.4, -0.2) is 23.4 Å². The third kappa shape index (κ3) is 2.48. The van der Waals surface area contributed by atoms with E-state index in [2.05, 4.69) is 19.7 Å². The van der Waals surface area contributed by atoms with Gasteiger partial charge in [-0.3, -0.25) is 14.7 Å². The van der Waals surface area contributed by atoms with Crippen LogP contribution in [-0.2, 0) is 10.0 Å². The van der Waals surface area contributed by atoms with Crippen LogP contribution in [0.3, 0.4) is 0 Å². The number of anilines is 2. The summed E-state index contributed by atoms with van der Waals surface area (Å²) in [6.07, 6.45) is 5.70. The fraction of sp³-hybridized carbons (Fsp3) is 0. The molecule has 0 atom stereocenters. The number of fused-ring (bicyclic) bond motifs is 1. The van der Waals surface area contributed by atoms with E-state index in [-0.39, 0.29) is 10.7 Å². The highest BCUT2D eigenvalue weighted by molar-refractivity contribution is 7.93. The number of benzene rings is 1. The van der Waals surface area contributed by atoms with Crippen molar-refractivity contribution in [1.29, 1.82) is 0 Å². The number of pyridine rings is 1. The zero-order valence-corrected chi connectivity index (χ0v) is 11.6. The van der Waals surface area contributed by atoms with Crippen LogP contribution in [0.2, 0.25) is 0 Å². The number of aromatic nitrogens is 3. The van der Waals surface area contributed by atoms with Crippen molar-refractivity contribution in [3.8, 4) is 0 Å². The Morgan fingerprint density at radius 2 is 1.90 bits per heavy atom. The molecule has 0 bridgehead atoms. The summed E-state index contributed by atoms with van der Waals surface area (Å²) in [7, 11) is -3.83. The third-order valence-corrected chi connectivity index (χ3v) is 4.24. The van der Waals surface area contributed by atoms with Crippen molar-refractivity contribution >= 4 is 32.4 Å². The van der Waals surface area contributed by atoms with Crippen molar-refractivity contribution in [2.24, 2.45) is 0 Å². The van der Waals surface area contributed by atoms with Crippen molar-refractivity contribution in [3.05, 3.63) is 49.1 Å². The molecule has 2 heterocycles. The Balaban J connectivity index is 2.14. The van der Waals surface area contributed by atoms with Gasteiger partial charge in [0, 0.05) is 29.7 Å². The molecule has 3 rings (SSSR count). The van der Waals surface area contributed by atoms with Gasteiger partial charge in [-0.05, 0) is 24.3 Å². The molecule has 0 fully saturated rings. The van der Waals surface area contributed by atoms with Crippen LogP contribution in [0.4, 0.5) is 11.5 Å². The van der Waals surface area contributed by atoms with Gasteiger partial charge in [-0.1, -0.05) is 0 Å². The molecule has 0 amide bonds. The molecule has 0 saturated carbocycles. The molecule has 21 heavy (non-hydrogen) atoms. The predicted octanol–water partition coefficient (Wildman–Crippen LogP) is 1.41. The molecule has 0 aliphatic heterocycles. The number of nitrogen functional groups attached to an aromatic ring is 1. The lowest BCUT2D eigenvalue weighted by Gasteiger charge is -2.10. The Hall–Kier alpha value is -2.74. The minimum Gasteiger partial charge on any atom is -0.398 e. The minimum absolute atomic E-state index is 0.0398. The Bertz CT molecular complexity index is 897. The fourth-order valence-electron chi connectivity index (χ4n) is 1.93. The van der Waals surface area contributed by atoms with Gasteiger partial charge in [0.25, 0.3) is 10.0 Å². The lowest BCUT2D eigenvalue weighted by atomic mass is 10.2. The lowest BCUT2D eigenvalue weighted by Crippen LogP contribution is -2.15. The molecule has 0 spiro atoms. The van der Waals surface area contributed by atoms with Gasteiger partial charge < -0.3 is 5.73 Å². The Kier molecular flexibility index (Phi) is 3.15. The molecular formula is C13H11N5O2S. The molecule has 8 heteroatoms. The average Bonchev–Trinajstić information content (AvgIpc) is 2.48. The molecule has 1 aromatic carbocycles. The monoisotopic (exact) mass is 301 g/mol. The van der Waals surface area contributed by atoms with Crippen LogP contribution >= 0.6 is 0 Å². The number of nitrogens with one attached hydrogen (secondary N) is 1. The van der Waals surface area contributed by atoms with E-state index >= 15 is 0 Å². The standard InChI is InChI=1S/C13H11N5O2S/c14-10-3-4-11(13-9(10)2-1-5-17-13)21(19,20)18-12-8-15-6-7-16-12/h1-8H,14H2,(H,16,18). The molecule has 0 aliphatic rings. The molecular weight excluding hydrogens is 290 g/mol. The van der Waals surface area contributed by atoms with E-state index in [1.54, 1.807) is 12.1 Å². The van der Waals surface area contributed by atoms with Crippen LogP contribution in [0.25, 0.3) is 10.9 Å². The van der Waals surface area contributed by atoms with E-state index in [0.717, 1.165) is 0 Å². The van der Waals surface area contributed by atoms with Crippen molar-refractivity contribution < 1.29 is 8.42 Å². The van der Waals surface area contributed by atoms with Crippen LogP contribution in [0, 0.1) is 0 Å². The summed E-state index contributed by atoms with van der Waals surface area (Å²) in [6.45, 7) is 0. The maximum absolute atomic E-state index is 12.5. The van der Waals surface area contributed by atoms with E-state index in [9.17, 15) is 8.42 Å². The summed E-state index contributed by atoms with van der Waals surface area (Å²) in [5.74, 6) is 0.137. The summed E-state index contributed by atoms with van der Waals surface area (Å²) < 4.78 is 27.3. The van der Waals surface area contributed by atoms with Crippen molar-refractivity contribution in [2.45, 2.75) is 4.90 Å². The number of rotatable bonds is 3. The maximum atomic E-state index is 12.5. The third-order valence-electron chi connectivity index (χ3n) is 2.86. The first kappa shape index (κ1) is 13.3. The van der Waals surface area contributed by atoms with E-state index in [0.29, 0.717) is 16.6 Å². The zero-order valence-electron chi connectivity index (χ0n) is 10.8. The van der Waals surface area contributed by atoms with E-state index in [1.165, 1.54) is 36.9 Å². The van der Waals surface area contributed by atoms with Crippen LogP contribution in [0.5, 0.6) is 0 Å². The van der Waals surface area contributed by atoms with Gasteiger partial charge in [0.1, 0.15) is 4.90 Å². The zero-order chi connectivity index (χ0) is 14.9. The summed E-state index contributed by atoms with van der Waals surface area (Å²) in [6, 6.07) is 6.38. The second-order valence-electron chi connectivity index (χ2n) is 4.25. The SMILES string of the molecule is Nc1ccc(S(=O)(=O)Nc2cnccn2)c2ncccc12. The largest absolute Gasteiger partial charge is 0.398 e. The van der Waals surface area contributed by atoms with E-state index in [1.807, 2.05) is 0 Å². The molecule has 0 saturated heterocycles. The Morgan fingerprint density at radius 1 is 1.05 bits per heavy atom. The lowest BCUT2D eigenvalue weighted by molar-refractivity contribution is 0.601. The first-order valence-corrected chi connectivity index (χ1v) is 7.48. The number of nitrogens with two attached hydrogens (primary N) is 1. The van der Waals surface area contributed by atoms with Crippen molar-refractivity contribution in [2.75, 3.05) is 10.5 Å². The number of sulfonamides is 1. The van der Waals surface area contributed by atoms with Gasteiger partial charge in [-0.25, -0.2) is 13.4 Å². The van der Waals surface area contributed by atoms with Gasteiger partial charge in [0.05, 0.1) is 11.7 Å². The number of hydrogen-bond acceptors (Lipinski definition) is 6. The number of hydrogen-bond donors (Lipinski definition) is 2. The van der Waals surface area contributed by atoms with Gasteiger partial charge in [0.15, 0.2) is 5.82 Å². The molecule has 106 valence electrons. The highest BCUT2D eigenvalue weighted by Crippen LogP contribution is 2.26. The summed E-state index contributed by atoms with van der Waals surface area (Å²) in [5.41, 5.74) is 6.63. The van der Waals surface area contributed by atoms with Crippen LogP contribution in [0.15, 0.2) is 53.9 Å². The van der Waals surface area contributed by atoms with Gasteiger partial charge >= 0.3 is 0 Å². The fourth-order valence-corrected chi connectivity index (χ4v) is 3.09. The predicted molar refractivity (Wildman–Crippen MR) is 79.0 cm³/mol. The highest BCUT2D eigenvalue weighted by Gasteiger charge is 2.19. The molecule has 0 unspecified atom stereocenters. The molecule has 7 nitrogen and oxygen atoms in total. The van der Waals surface area contributed by atoms with Crippen molar-refractivity contribution in [1.82, 2.24) is 15.0 Å². The molecule has 3 N–H and O–H groups in total. The second-order valence-corrected chi connectivity index (χ2v) is 5.90. The molecule has 0 radical (unpaired) electrons. The first-order valence-electron chi connectivity index (χ1n) is 6.00. The van der Waals surface area contributed by atoms with Crippen LogP contribution < -0.4 is 10.5 Å². The van der Waals surface area contributed by atoms with Gasteiger partial charge in [-0.2, -0.15) is 0 Å². The number of nitrogens with zero attached hydrogens (tertiary/aromatic N) is 3.